The normalized spacial score (nSPS) is 15.0. The number of nitrogens with one attached hydrogen (secondary N) is 1. The van der Waals surface area contributed by atoms with Crippen molar-refractivity contribution in [3.63, 3.8) is 0 Å². The van der Waals surface area contributed by atoms with Crippen molar-refractivity contribution in [2.75, 3.05) is 38.2 Å². The first kappa shape index (κ1) is 19.0. The molecule has 2 heterocycles. The maximum Gasteiger partial charge on any atom is 0.292 e. The van der Waals surface area contributed by atoms with E-state index >= 15 is 0 Å². The summed E-state index contributed by atoms with van der Waals surface area (Å²) in [5, 5.41) is 5.24. The van der Waals surface area contributed by atoms with Crippen molar-refractivity contribution in [3.8, 4) is 17.2 Å². The number of rotatable bonds is 5. The fourth-order valence-electron chi connectivity index (χ4n) is 3.36. The Balaban J connectivity index is 1.38. The predicted octanol–water partition coefficient (Wildman–Crippen LogP) is 2.90. The number of hydrogen-bond acceptors (Lipinski definition) is 5. The highest BCUT2D eigenvalue weighted by molar-refractivity contribution is 7.71. The van der Waals surface area contributed by atoms with Crippen LogP contribution < -0.4 is 14.5 Å². The first-order chi connectivity index (χ1) is 13.6. The summed E-state index contributed by atoms with van der Waals surface area (Å²) in [6, 6.07) is 15.6. The Bertz CT molecular complexity index is 977. The lowest BCUT2D eigenvalue weighted by molar-refractivity contribution is -0.924. The van der Waals surface area contributed by atoms with Crippen LogP contribution in [0.3, 0.4) is 0 Å². The molecular formula is C20H22ClN4O2S+. The van der Waals surface area contributed by atoms with Gasteiger partial charge in [0.1, 0.15) is 5.75 Å². The molecule has 146 valence electrons. The Morgan fingerprint density at radius 2 is 1.79 bits per heavy atom. The molecule has 0 unspecified atom stereocenters. The minimum Gasteiger partial charge on any atom is -0.497 e. The molecule has 1 aromatic heterocycles. The molecule has 8 heteroatoms. The highest BCUT2D eigenvalue weighted by atomic mass is 35.5. The second kappa shape index (κ2) is 8.34. The maximum absolute atomic E-state index is 5.95. The van der Waals surface area contributed by atoms with Crippen molar-refractivity contribution >= 4 is 29.5 Å². The molecule has 3 aromatic rings. The minimum absolute atomic E-state index is 0.398. The lowest BCUT2D eigenvalue weighted by atomic mass is 10.2. The van der Waals surface area contributed by atoms with E-state index in [-0.39, 0.29) is 0 Å². The van der Waals surface area contributed by atoms with Gasteiger partial charge >= 0.3 is 0 Å². The number of anilines is 1. The number of halogens is 1. The molecule has 0 saturated carbocycles. The third-order valence-electron chi connectivity index (χ3n) is 4.98. The quantitative estimate of drug-likeness (QED) is 0.647. The summed E-state index contributed by atoms with van der Waals surface area (Å²) >= 11 is 11.3. The fourth-order valence-corrected chi connectivity index (χ4v) is 3.67. The number of hydrogen-bond donors (Lipinski definition) is 1. The standard InChI is InChI=1S/C20H21ClN4O2S/c1-26-18-8-6-17(7-9-18)24-12-10-23(11-13-24)14-25-20(28)27-19(22-25)15-2-4-16(21)5-3-15/h2-9H,10-14H2,1H3/p+1. The molecular weight excluding hydrogens is 396 g/mol. The Hall–Kier alpha value is -2.35. The summed E-state index contributed by atoms with van der Waals surface area (Å²) in [5.74, 6) is 1.41. The van der Waals surface area contributed by atoms with Gasteiger partial charge in [0, 0.05) is 16.3 Å². The van der Waals surface area contributed by atoms with Crippen LogP contribution in [-0.2, 0) is 6.67 Å². The van der Waals surface area contributed by atoms with Crippen molar-refractivity contribution in [2.24, 2.45) is 0 Å². The van der Waals surface area contributed by atoms with Crippen LogP contribution >= 0.6 is 23.8 Å². The van der Waals surface area contributed by atoms with Crippen LogP contribution in [0.2, 0.25) is 5.02 Å². The molecule has 1 N–H and O–H groups in total. The number of methoxy groups -OCH3 is 1. The van der Waals surface area contributed by atoms with Gasteiger partial charge in [-0.15, -0.1) is 5.10 Å². The van der Waals surface area contributed by atoms with Gasteiger partial charge in [-0.25, -0.2) is 0 Å². The molecule has 0 amide bonds. The molecule has 0 radical (unpaired) electrons. The van der Waals surface area contributed by atoms with E-state index < -0.39 is 0 Å². The Morgan fingerprint density at radius 1 is 1.11 bits per heavy atom. The van der Waals surface area contributed by atoms with Gasteiger partial charge in [-0.3, -0.25) is 0 Å². The molecule has 0 atom stereocenters. The summed E-state index contributed by atoms with van der Waals surface area (Å²) in [4.78, 5) is 4.22. The van der Waals surface area contributed by atoms with Crippen LogP contribution in [0.5, 0.6) is 5.75 Å². The average Bonchev–Trinajstić information content (AvgIpc) is 3.09. The lowest BCUT2D eigenvalue weighted by Crippen LogP contribution is -3.14. The summed E-state index contributed by atoms with van der Waals surface area (Å²) in [7, 11) is 1.68. The first-order valence-corrected chi connectivity index (χ1v) is 9.97. The predicted molar refractivity (Wildman–Crippen MR) is 112 cm³/mol. The number of quaternary nitrogens is 1. The van der Waals surface area contributed by atoms with Crippen molar-refractivity contribution in [1.29, 1.82) is 0 Å². The van der Waals surface area contributed by atoms with Crippen LogP contribution in [0.15, 0.2) is 52.9 Å². The fraction of sp³-hybridized carbons (Fsp3) is 0.300. The Morgan fingerprint density at radius 3 is 2.43 bits per heavy atom. The van der Waals surface area contributed by atoms with E-state index in [2.05, 4.69) is 22.1 Å². The van der Waals surface area contributed by atoms with E-state index in [0.717, 1.165) is 37.5 Å². The van der Waals surface area contributed by atoms with Crippen LogP contribution in [0.1, 0.15) is 0 Å². The van der Waals surface area contributed by atoms with Gasteiger partial charge in [0.25, 0.3) is 4.84 Å². The van der Waals surface area contributed by atoms with Gasteiger partial charge in [0.15, 0.2) is 6.67 Å². The highest BCUT2D eigenvalue weighted by Gasteiger charge is 2.22. The summed E-state index contributed by atoms with van der Waals surface area (Å²) < 4.78 is 12.7. The Labute approximate surface area is 173 Å². The highest BCUT2D eigenvalue weighted by Crippen LogP contribution is 2.20. The summed E-state index contributed by atoms with van der Waals surface area (Å²) in [6.07, 6.45) is 0. The number of aromatic nitrogens is 2. The number of piperazine rings is 1. The van der Waals surface area contributed by atoms with Crippen LogP contribution in [-0.4, -0.2) is 43.1 Å². The van der Waals surface area contributed by atoms with Crippen molar-refractivity contribution in [3.05, 3.63) is 58.4 Å². The zero-order chi connectivity index (χ0) is 19.5. The van der Waals surface area contributed by atoms with E-state index in [4.69, 9.17) is 33.0 Å². The molecule has 28 heavy (non-hydrogen) atoms. The number of nitrogens with zero attached hydrogens (tertiary/aromatic N) is 3. The van der Waals surface area contributed by atoms with E-state index in [1.54, 1.807) is 11.8 Å². The zero-order valence-corrected chi connectivity index (χ0v) is 17.2. The Kier molecular flexibility index (Phi) is 5.66. The molecule has 4 rings (SSSR count). The third kappa shape index (κ3) is 4.22. The summed E-state index contributed by atoms with van der Waals surface area (Å²) in [5.41, 5.74) is 2.09. The molecule has 0 aliphatic carbocycles. The van der Waals surface area contributed by atoms with E-state index in [9.17, 15) is 0 Å². The second-order valence-electron chi connectivity index (χ2n) is 6.77. The topological polar surface area (TPSA) is 47.9 Å². The molecule has 1 saturated heterocycles. The van der Waals surface area contributed by atoms with E-state index in [1.807, 2.05) is 36.4 Å². The van der Waals surface area contributed by atoms with Crippen LogP contribution in [0.4, 0.5) is 5.69 Å². The maximum atomic E-state index is 5.95. The minimum atomic E-state index is 0.398. The molecule has 1 aliphatic rings. The monoisotopic (exact) mass is 417 g/mol. The molecule has 6 nitrogen and oxygen atoms in total. The van der Waals surface area contributed by atoms with E-state index in [0.29, 0.717) is 22.4 Å². The molecule has 2 aromatic carbocycles. The summed E-state index contributed by atoms with van der Waals surface area (Å²) in [6.45, 7) is 4.69. The van der Waals surface area contributed by atoms with Crippen molar-refractivity contribution in [2.45, 2.75) is 6.67 Å². The molecule has 0 bridgehead atoms. The third-order valence-corrected chi connectivity index (χ3v) is 5.52. The van der Waals surface area contributed by atoms with Crippen LogP contribution in [0, 0.1) is 4.84 Å². The van der Waals surface area contributed by atoms with Gasteiger partial charge in [-0.1, -0.05) is 11.6 Å². The van der Waals surface area contributed by atoms with Crippen LogP contribution in [0.25, 0.3) is 11.5 Å². The van der Waals surface area contributed by atoms with Gasteiger partial charge in [0.2, 0.25) is 5.89 Å². The molecule has 1 aliphatic heterocycles. The molecule has 1 fully saturated rings. The number of benzene rings is 2. The van der Waals surface area contributed by atoms with E-state index in [1.165, 1.54) is 10.6 Å². The zero-order valence-electron chi connectivity index (χ0n) is 15.6. The largest absolute Gasteiger partial charge is 0.497 e. The second-order valence-corrected chi connectivity index (χ2v) is 7.56. The SMILES string of the molecule is COc1ccc(N2CC[NH+](Cn3nc(-c4ccc(Cl)cc4)oc3=S)CC2)cc1. The average molecular weight is 418 g/mol. The van der Waals surface area contributed by atoms with Gasteiger partial charge < -0.3 is 19.0 Å². The molecule has 0 spiro atoms. The number of ether oxygens (including phenoxy) is 1. The first-order valence-electron chi connectivity index (χ1n) is 9.19. The van der Waals surface area contributed by atoms with Gasteiger partial charge in [0.05, 0.1) is 33.3 Å². The van der Waals surface area contributed by atoms with Crippen molar-refractivity contribution < 1.29 is 14.1 Å². The lowest BCUT2D eigenvalue weighted by Gasteiger charge is -2.33. The smallest absolute Gasteiger partial charge is 0.292 e. The van der Waals surface area contributed by atoms with Crippen molar-refractivity contribution in [1.82, 2.24) is 9.78 Å². The van der Waals surface area contributed by atoms with Gasteiger partial charge in [-0.05, 0) is 60.7 Å². The van der Waals surface area contributed by atoms with Gasteiger partial charge in [-0.2, -0.15) is 4.68 Å².